The Hall–Kier alpha value is -1.76. The molecule has 0 amide bonds. The summed E-state index contributed by atoms with van der Waals surface area (Å²) in [6, 6.07) is 19.0. The fraction of sp³-hybridized carbons (Fsp3) is 0.143. The number of para-hydroxylation sites is 1. The highest BCUT2D eigenvalue weighted by atomic mass is 16.5. The lowest BCUT2D eigenvalue weighted by molar-refractivity contribution is 0.305. The SMILES string of the molecule is Cc1ccc(COc2[c]cccc2)cc1. The van der Waals surface area contributed by atoms with Gasteiger partial charge in [-0.3, -0.25) is 0 Å². The Bertz CT molecular complexity index is 403. The van der Waals surface area contributed by atoms with E-state index in [9.17, 15) is 0 Å². The van der Waals surface area contributed by atoms with Crippen molar-refractivity contribution in [3.05, 3.63) is 65.7 Å². The summed E-state index contributed by atoms with van der Waals surface area (Å²) in [6.07, 6.45) is 0. The molecule has 0 saturated heterocycles. The van der Waals surface area contributed by atoms with E-state index in [1.807, 2.05) is 24.3 Å². The topological polar surface area (TPSA) is 9.23 Å². The molecule has 15 heavy (non-hydrogen) atoms. The summed E-state index contributed by atoms with van der Waals surface area (Å²) in [5, 5.41) is 0. The van der Waals surface area contributed by atoms with Gasteiger partial charge in [0.05, 0.1) is 0 Å². The van der Waals surface area contributed by atoms with E-state index >= 15 is 0 Å². The predicted molar refractivity (Wildman–Crippen MR) is 60.8 cm³/mol. The second-order valence-electron chi connectivity index (χ2n) is 3.50. The quantitative estimate of drug-likeness (QED) is 0.733. The van der Waals surface area contributed by atoms with Crippen LogP contribution in [0, 0.1) is 13.0 Å². The molecular formula is C14H13O. The molecule has 0 unspecified atom stereocenters. The summed E-state index contributed by atoms with van der Waals surface area (Å²) in [5.41, 5.74) is 2.45. The summed E-state index contributed by atoms with van der Waals surface area (Å²) in [4.78, 5) is 0. The molecule has 0 aliphatic heterocycles. The van der Waals surface area contributed by atoms with Gasteiger partial charge >= 0.3 is 0 Å². The Morgan fingerprint density at radius 1 is 1.07 bits per heavy atom. The highest BCUT2D eigenvalue weighted by Crippen LogP contribution is 2.11. The van der Waals surface area contributed by atoms with Gasteiger partial charge < -0.3 is 4.74 Å². The first kappa shape index (κ1) is 9.78. The average Bonchev–Trinajstić information content (AvgIpc) is 2.30. The lowest BCUT2D eigenvalue weighted by Crippen LogP contribution is -1.94. The normalized spacial score (nSPS) is 9.93. The molecule has 2 aromatic carbocycles. The molecule has 0 fully saturated rings. The molecule has 0 saturated carbocycles. The summed E-state index contributed by atoms with van der Waals surface area (Å²) >= 11 is 0. The number of benzene rings is 2. The van der Waals surface area contributed by atoms with Crippen LogP contribution in [0.5, 0.6) is 5.75 Å². The van der Waals surface area contributed by atoms with Gasteiger partial charge in [0.15, 0.2) is 0 Å². The molecule has 0 bridgehead atoms. The Balaban J connectivity index is 1.96. The third-order valence-corrected chi connectivity index (χ3v) is 2.20. The molecule has 0 N–H and O–H groups in total. The maximum absolute atomic E-state index is 5.58. The molecule has 1 heteroatoms. The van der Waals surface area contributed by atoms with E-state index < -0.39 is 0 Å². The van der Waals surface area contributed by atoms with E-state index in [0.717, 1.165) is 5.75 Å². The second kappa shape index (κ2) is 4.65. The molecule has 0 heterocycles. The van der Waals surface area contributed by atoms with Crippen LogP contribution in [0.15, 0.2) is 48.5 Å². The Morgan fingerprint density at radius 3 is 2.53 bits per heavy atom. The largest absolute Gasteiger partial charge is 0.488 e. The molecule has 0 aliphatic rings. The van der Waals surface area contributed by atoms with Gasteiger partial charge in [-0.15, -0.1) is 0 Å². The molecule has 0 spiro atoms. The first-order valence-corrected chi connectivity index (χ1v) is 5.00. The minimum Gasteiger partial charge on any atom is -0.488 e. The number of hydrogen-bond donors (Lipinski definition) is 0. The Morgan fingerprint density at radius 2 is 1.87 bits per heavy atom. The van der Waals surface area contributed by atoms with Crippen LogP contribution in [-0.4, -0.2) is 0 Å². The van der Waals surface area contributed by atoms with Crippen LogP contribution in [0.2, 0.25) is 0 Å². The van der Waals surface area contributed by atoms with Gasteiger partial charge in [0.2, 0.25) is 0 Å². The molecule has 1 nitrogen and oxygen atoms in total. The monoisotopic (exact) mass is 197 g/mol. The standard InChI is InChI=1S/C14H13O/c1-12-7-9-13(10-8-12)11-15-14-5-3-2-4-6-14/h2-5,7-10H,11H2,1H3. The summed E-state index contributed by atoms with van der Waals surface area (Å²) in [5.74, 6) is 0.790. The van der Waals surface area contributed by atoms with Crippen LogP contribution < -0.4 is 4.74 Å². The zero-order chi connectivity index (χ0) is 10.5. The predicted octanol–water partition coefficient (Wildman–Crippen LogP) is 3.37. The minimum atomic E-state index is 0.598. The fourth-order valence-corrected chi connectivity index (χ4v) is 1.31. The highest BCUT2D eigenvalue weighted by Gasteiger charge is 1.94. The van der Waals surface area contributed by atoms with Crippen molar-refractivity contribution < 1.29 is 4.74 Å². The zero-order valence-electron chi connectivity index (χ0n) is 8.73. The highest BCUT2D eigenvalue weighted by molar-refractivity contribution is 5.23. The summed E-state index contributed by atoms with van der Waals surface area (Å²) in [7, 11) is 0. The molecule has 0 atom stereocenters. The van der Waals surface area contributed by atoms with Crippen LogP contribution in [-0.2, 0) is 6.61 Å². The smallest absolute Gasteiger partial charge is 0.127 e. The van der Waals surface area contributed by atoms with Crippen LogP contribution >= 0.6 is 0 Å². The van der Waals surface area contributed by atoms with Gasteiger partial charge in [-0.2, -0.15) is 0 Å². The van der Waals surface area contributed by atoms with Crippen LogP contribution in [0.4, 0.5) is 0 Å². The van der Waals surface area contributed by atoms with Crippen molar-refractivity contribution in [3.8, 4) is 5.75 Å². The average molecular weight is 197 g/mol. The van der Waals surface area contributed by atoms with Crippen molar-refractivity contribution >= 4 is 0 Å². The first-order valence-electron chi connectivity index (χ1n) is 5.00. The van der Waals surface area contributed by atoms with Crippen LogP contribution in [0.1, 0.15) is 11.1 Å². The van der Waals surface area contributed by atoms with E-state index in [1.165, 1.54) is 11.1 Å². The van der Waals surface area contributed by atoms with Gasteiger partial charge in [0, 0.05) is 6.07 Å². The first-order chi connectivity index (χ1) is 7.34. The number of hydrogen-bond acceptors (Lipinski definition) is 1. The summed E-state index contributed by atoms with van der Waals surface area (Å²) in [6.45, 7) is 2.68. The van der Waals surface area contributed by atoms with E-state index in [2.05, 4.69) is 37.3 Å². The summed E-state index contributed by atoms with van der Waals surface area (Å²) < 4.78 is 5.58. The molecular weight excluding hydrogens is 184 g/mol. The Kier molecular flexibility index (Phi) is 3.03. The maximum atomic E-state index is 5.58. The number of ether oxygens (including phenoxy) is 1. The molecule has 0 aromatic heterocycles. The van der Waals surface area contributed by atoms with Gasteiger partial charge in [0.1, 0.15) is 12.4 Å². The lowest BCUT2D eigenvalue weighted by Gasteiger charge is -2.05. The number of rotatable bonds is 3. The molecule has 1 radical (unpaired) electrons. The molecule has 0 aliphatic carbocycles. The van der Waals surface area contributed by atoms with E-state index in [1.54, 1.807) is 0 Å². The van der Waals surface area contributed by atoms with Gasteiger partial charge in [-0.05, 0) is 18.6 Å². The van der Waals surface area contributed by atoms with Gasteiger partial charge in [-0.1, -0.05) is 48.0 Å². The zero-order valence-corrected chi connectivity index (χ0v) is 8.73. The van der Waals surface area contributed by atoms with Crippen molar-refractivity contribution in [1.29, 1.82) is 0 Å². The second-order valence-corrected chi connectivity index (χ2v) is 3.50. The maximum Gasteiger partial charge on any atom is 0.127 e. The van der Waals surface area contributed by atoms with Crippen molar-refractivity contribution in [2.45, 2.75) is 13.5 Å². The third-order valence-electron chi connectivity index (χ3n) is 2.20. The Labute approximate surface area is 90.3 Å². The van der Waals surface area contributed by atoms with Crippen molar-refractivity contribution in [2.75, 3.05) is 0 Å². The van der Waals surface area contributed by atoms with E-state index in [0.29, 0.717) is 6.61 Å². The number of aryl methyl sites for hydroxylation is 1. The molecule has 2 aromatic rings. The van der Waals surface area contributed by atoms with E-state index in [4.69, 9.17) is 4.74 Å². The minimum absolute atomic E-state index is 0.598. The van der Waals surface area contributed by atoms with Gasteiger partial charge in [0.25, 0.3) is 0 Å². The fourth-order valence-electron chi connectivity index (χ4n) is 1.31. The van der Waals surface area contributed by atoms with Crippen molar-refractivity contribution in [1.82, 2.24) is 0 Å². The van der Waals surface area contributed by atoms with Crippen LogP contribution in [0.25, 0.3) is 0 Å². The van der Waals surface area contributed by atoms with Crippen molar-refractivity contribution in [3.63, 3.8) is 0 Å². The lowest BCUT2D eigenvalue weighted by atomic mass is 10.2. The third kappa shape index (κ3) is 2.84. The molecule has 75 valence electrons. The van der Waals surface area contributed by atoms with Crippen LogP contribution in [0.3, 0.4) is 0 Å². The van der Waals surface area contributed by atoms with E-state index in [-0.39, 0.29) is 0 Å². The van der Waals surface area contributed by atoms with Crippen molar-refractivity contribution in [2.24, 2.45) is 0 Å². The van der Waals surface area contributed by atoms with Gasteiger partial charge in [-0.25, -0.2) is 0 Å². The molecule has 2 rings (SSSR count).